The topological polar surface area (TPSA) is 71.3 Å². The molecule has 0 atom stereocenters. The number of fused-ring (bicyclic) bond motifs is 1. The van der Waals surface area contributed by atoms with Crippen molar-refractivity contribution in [3.05, 3.63) is 64.3 Å². The van der Waals surface area contributed by atoms with Crippen LogP contribution in [0.5, 0.6) is 0 Å². The van der Waals surface area contributed by atoms with Gasteiger partial charge in [-0.2, -0.15) is 0 Å². The van der Waals surface area contributed by atoms with E-state index in [4.69, 9.17) is 4.42 Å². The van der Waals surface area contributed by atoms with Crippen LogP contribution in [0.3, 0.4) is 0 Å². The monoisotopic (exact) mass is 400 g/mol. The van der Waals surface area contributed by atoms with Gasteiger partial charge >= 0.3 is 0 Å². The van der Waals surface area contributed by atoms with E-state index in [0.29, 0.717) is 23.4 Å². The van der Waals surface area contributed by atoms with Gasteiger partial charge in [-0.3, -0.25) is 9.59 Å². The Hall–Kier alpha value is -2.60. The van der Waals surface area contributed by atoms with E-state index < -0.39 is 0 Å². The van der Waals surface area contributed by atoms with Gasteiger partial charge in [-0.15, -0.1) is 0 Å². The zero-order valence-electron chi connectivity index (χ0n) is 13.6. The molecule has 128 valence electrons. The van der Waals surface area contributed by atoms with Crippen LogP contribution in [-0.4, -0.2) is 18.4 Å². The molecule has 3 rings (SSSR count). The van der Waals surface area contributed by atoms with E-state index in [0.717, 1.165) is 16.3 Å². The van der Waals surface area contributed by atoms with E-state index in [-0.39, 0.29) is 17.6 Å². The first-order chi connectivity index (χ1) is 12.1. The van der Waals surface area contributed by atoms with Crippen molar-refractivity contribution in [1.82, 2.24) is 5.32 Å². The molecule has 0 spiro atoms. The lowest BCUT2D eigenvalue weighted by atomic mass is 10.2. The predicted octanol–water partition coefficient (Wildman–Crippen LogP) is 4.59. The van der Waals surface area contributed by atoms with Crippen molar-refractivity contribution in [3.63, 3.8) is 0 Å². The molecule has 0 aliphatic carbocycles. The van der Waals surface area contributed by atoms with Gasteiger partial charge in [0.1, 0.15) is 5.58 Å². The summed E-state index contributed by atoms with van der Waals surface area (Å²) in [6.07, 6.45) is 0.882. The molecule has 1 heterocycles. The minimum absolute atomic E-state index is 0.123. The molecule has 0 bridgehead atoms. The highest BCUT2D eigenvalue weighted by atomic mass is 79.9. The molecule has 2 N–H and O–H groups in total. The molecular weight excluding hydrogens is 384 g/mol. The van der Waals surface area contributed by atoms with Crippen LogP contribution >= 0.6 is 15.9 Å². The van der Waals surface area contributed by atoms with E-state index in [1.54, 1.807) is 30.3 Å². The number of furan rings is 1. The van der Waals surface area contributed by atoms with Crippen molar-refractivity contribution >= 4 is 44.4 Å². The Bertz CT molecular complexity index is 916. The van der Waals surface area contributed by atoms with Crippen LogP contribution in [0, 0.1) is 0 Å². The molecular formula is C19H17BrN2O3. The van der Waals surface area contributed by atoms with Gasteiger partial charge < -0.3 is 15.1 Å². The lowest BCUT2D eigenvalue weighted by Gasteiger charge is -2.06. The quantitative estimate of drug-likeness (QED) is 0.657. The van der Waals surface area contributed by atoms with Crippen molar-refractivity contribution in [1.29, 1.82) is 0 Å². The Morgan fingerprint density at radius 1 is 1.08 bits per heavy atom. The van der Waals surface area contributed by atoms with Crippen LogP contribution in [0.4, 0.5) is 5.69 Å². The molecule has 0 fully saturated rings. The van der Waals surface area contributed by atoms with Gasteiger partial charge in [-0.1, -0.05) is 19.1 Å². The molecule has 0 saturated heterocycles. The van der Waals surface area contributed by atoms with Crippen LogP contribution in [0.1, 0.15) is 34.3 Å². The third kappa shape index (κ3) is 3.91. The zero-order valence-corrected chi connectivity index (χ0v) is 15.2. The molecule has 5 nitrogen and oxygen atoms in total. The molecule has 0 aliphatic rings. The molecule has 0 unspecified atom stereocenters. The van der Waals surface area contributed by atoms with Crippen molar-refractivity contribution in [2.24, 2.45) is 0 Å². The SMILES string of the molecule is CCCNC(=O)c1ccc(NC(=O)c2cc3cccc(Br)c3o2)cc1. The summed E-state index contributed by atoms with van der Waals surface area (Å²) in [5.74, 6) is -0.236. The molecule has 0 radical (unpaired) electrons. The lowest BCUT2D eigenvalue weighted by Crippen LogP contribution is -2.23. The van der Waals surface area contributed by atoms with Crippen molar-refractivity contribution in [3.8, 4) is 0 Å². The second-order valence-electron chi connectivity index (χ2n) is 5.56. The number of anilines is 1. The van der Waals surface area contributed by atoms with E-state index in [1.165, 1.54) is 0 Å². The van der Waals surface area contributed by atoms with E-state index >= 15 is 0 Å². The third-order valence-electron chi connectivity index (χ3n) is 3.66. The highest BCUT2D eigenvalue weighted by Crippen LogP contribution is 2.27. The molecule has 0 aliphatic heterocycles. The Morgan fingerprint density at radius 2 is 1.84 bits per heavy atom. The summed E-state index contributed by atoms with van der Waals surface area (Å²) < 4.78 is 6.41. The van der Waals surface area contributed by atoms with Gasteiger partial charge in [0.05, 0.1) is 4.47 Å². The second kappa shape index (κ2) is 7.53. The van der Waals surface area contributed by atoms with Gasteiger partial charge in [-0.25, -0.2) is 0 Å². The number of carbonyl (C=O) groups is 2. The number of hydrogen-bond acceptors (Lipinski definition) is 3. The van der Waals surface area contributed by atoms with E-state index in [9.17, 15) is 9.59 Å². The Kier molecular flexibility index (Phi) is 5.19. The summed E-state index contributed by atoms with van der Waals surface area (Å²) >= 11 is 3.40. The number of para-hydroxylation sites is 1. The van der Waals surface area contributed by atoms with Gasteiger partial charge in [0, 0.05) is 23.2 Å². The number of hydrogen-bond donors (Lipinski definition) is 2. The summed E-state index contributed by atoms with van der Waals surface area (Å²) in [6.45, 7) is 2.63. The third-order valence-corrected chi connectivity index (χ3v) is 4.28. The molecule has 2 aromatic carbocycles. The number of carbonyl (C=O) groups excluding carboxylic acids is 2. The van der Waals surface area contributed by atoms with Crippen LogP contribution in [0.2, 0.25) is 0 Å². The average molecular weight is 401 g/mol. The fraction of sp³-hybridized carbons (Fsp3) is 0.158. The molecule has 2 amide bonds. The standard InChI is InChI=1S/C19H17BrN2O3/c1-2-10-21-18(23)12-6-8-14(9-7-12)22-19(24)16-11-13-4-3-5-15(20)17(13)25-16/h3-9,11H,2,10H2,1H3,(H,21,23)(H,22,24). The Balaban J connectivity index is 1.71. The minimum Gasteiger partial charge on any atom is -0.450 e. The van der Waals surface area contributed by atoms with Gasteiger partial charge in [0.25, 0.3) is 11.8 Å². The van der Waals surface area contributed by atoms with Crippen molar-refractivity contribution in [2.45, 2.75) is 13.3 Å². The zero-order chi connectivity index (χ0) is 17.8. The van der Waals surface area contributed by atoms with Crippen molar-refractivity contribution in [2.75, 3.05) is 11.9 Å². The molecule has 3 aromatic rings. The van der Waals surface area contributed by atoms with Crippen LogP contribution < -0.4 is 10.6 Å². The van der Waals surface area contributed by atoms with Crippen molar-refractivity contribution < 1.29 is 14.0 Å². The molecule has 25 heavy (non-hydrogen) atoms. The Morgan fingerprint density at radius 3 is 2.52 bits per heavy atom. The van der Waals surface area contributed by atoms with E-state index in [1.807, 2.05) is 25.1 Å². The number of nitrogens with one attached hydrogen (secondary N) is 2. The summed E-state index contributed by atoms with van der Waals surface area (Å²) in [4.78, 5) is 24.2. The molecule has 0 saturated carbocycles. The maximum absolute atomic E-state index is 12.4. The predicted molar refractivity (Wildman–Crippen MR) is 101 cm³/mol. The number of halogens is 1. The van der Waals surface area contributed by atoms with Gasteiger partial charge in [0.2, 0.25) is 0 Å². The summed E-state index contributed by atoms with van der Waals surface area (Å²) in [6, 6.07) is 14.0. The van der Waals surface area contributed by atoms with Gasteiger partial charge in [0.15, 0.2) is 5.76 Å². The molecule has 6 heteroatoms. The highest BCUT2D eigenvalue weighted by Gasteiger charge is 2.14. The van der Waals surface area contributed by atoms with E-state index in [2.05, 4.69) is 26.6 Å². The smallest absolute Gasteiger partial charge is 0.291 e. The minimum atomic E-state index is -0.341. The Labute approximate surface area is 153 Å². The first-order valence-electron chi connectivity index (χ1n) is 7.96. The number of amides is 2. The maximum Gasteiger partial charge on any atom is 0.291 e. The summed E-state index contributed by atoms with van der Waals surface area (Å²) in [5.41, 5.74) is 1.78. The number of rotatable bonds is 5. The fourth-order valence-electron chi connectivity index (χ4n) is 2.38. The van der Waals surface area contributed by atoms with Gasteiger partial charge in [-0.05, 0) is 58.7 Å². The summed E-state index contributed by atoms with van der Waals surface area (Å²) in [5, 5.41) is 6.43. The highest BCUT2D eigenvalue weighted by molar-refractivity contribution is 9.10. The summed E-state index contributed by atoms with van der Waals surface area (Å²) in [7, 11) is 0. The first-order valence-corrected chi connectivity index (χ1v) is 8.75. The second-order valence-corrected chi connectivity index (χ2v) is 6.41. The largest absolute Gasteiger partial charge is 0.450 e. The normalized spacial score (nSPS) is 10.6. The average Bonchev–Trinajstić information content (AvgIpc) is 3.06. The molecule has 1 aromatic heterocycles. The van der Waals surface area contributed by atoms with Crippen LogP contribution in [-0.2, 0) is 0 Å². The first kappa shape index (κ1) is 17.2. The maximum atomic E-state index is 12.4. The van der Waals surface area contributed by atoms with Crippen LogP contribution in [0.25, 0.3) is 11.0 Å². The van der Waals surface area contributed by atoms with Crippen LogP contribution in [0.15, 0.2) is 57.4 Å². The fourth-order valence-corrected chi connectivity index (χ4v) is 2.84. The number of benzene rings is 2. The lowest BCUT2D eigenvalue weighted by molar-refractivity contribution is 0.0952.